The fourth-order valence-electron chi connectivity index (χ4n) is 2.54. The van der Waals surface area contributed by atoms with Gasteiger partial charge in [0.2, 0.25) is 0 Å². The molecule has 1 heterocycles. The quantitative estimate of drug-likeness (QED) is 0.633. The monoisotopic (exact) mass is 269 g/mol. The van der Waals surface area contributed by atoms with Gasteiger partial charge in [0.15, 0.2) is 0 Å². The molecular weight excluding hydrogens is 246 g/mol. The van der Waals surface area contributed by atoms with Crippen LogP contribution < -0.4 is 5.32 Å². The summed E-state index contributed by atoms with van der Waals surface area (Å²) in [6, 6.07) is 2.77. The van der Waals surface area contributed by atoms with Gasteiger partial charge in [0.1, 0.15) is 0 Å². The van der Waals surface area contributed by atoms with Crippen LogP contribution in [0.1, 0.15) is 57.2 Å². The first-order valence-electron chi connectivity index (χ1n) is 7.14. The molecule has 0 spiro atoms. The van der Waals surface area contributed by atoms with E-state index in [0.717, 1.165) is 25.2 Å². The van der Waals surface area contributed by atoms with E-state index in [9.17, 15) is 0 Å². The van der Waals surface area contributed by atoms with Crippen molar-refractivity contribution in [2.45, 2.75) is 63.4 Å². The molecule has 1 aliphatic rings. The maximum atomic E-state index is 5.91. The van der Waals surface area contributed by atoms with Gasteiger partial charge in [-0.2, -0.15) is 5.10 Å². The van der Waals surface area contributed by atoms with Gasteiger partial charge in [0.25, 0.3) is 0 Å². The van der Waals surface area contributed by atoms with E-state index in [4.69, 9.17) is 11.6 Å². The minimum absolute atomic E-state index is 0.247. The Bertz CT molecular complexity index is 343. The zero-order valence-corrected chi connectivity index (χ0v) is 12.0. The molecule has 102 valence electrons. The molecule has 0 aromatic carbocycles. The van der Waals surface area contributed by atoms with E-state index < -0.39 is 0 Å². The van der Waals surface area contributed by atoms with Crippen LogP contribution in [-0.2, 0) is 6.54 Å². The molecule has 2 rings (SSSR count). The topological polar surface area (TPSA) is 29.9 Å². The van der Waals surface area contributed by atoms with E-state index in [-0.39, 0.29) is 5.38 Å². The van der Waals surface area contributed by atoms with Gasteiger partial charge in [-0.3, -0.25) is 4.68 Å². The Kier molecular flexibility index (Phi) is 5.51. The average molecular weight is 270 g/mol. The molecule has 1 atom stereocenters. The summed E-state index contributed by atoms with van der Waals surface area (Å²) in [6.45, 7) is 3.84. The minimum Gasteiger partial charge on any atom is -0.311 e. The Hall–Kier alpha value is -0.540. The number of rotatable bonds is 6. The van der Waals surface area contributed by atoms with Crippen LogP contribution in [0.15, 0.2) is 12.3 Å². The summed E-state index contributed by atoms with van der Waals surface area (Å²) in [7, 11) is 0. The first kappa shape index (κ1) is 13.9. The fourth-order valence-corrected chi connectivity index (χ4v) is 2.65. The lowest BCUT2D eigenvalue weighted by molar-refractivity contribution is 0.327. The minimum atomic E-state index is 0.247. The zero-order chi connectivity index (χ0) is 12.8. The molecule has 4 heteroatoms. The van der Waals surface area contributed by atoms with Crippen molar-refractivity contribution in [3.05, 3.63) is 18.0 Å². The lowest BCUT2D eigenvalue weighted by Gasteiger charge is -2.21. The number of hydrogen-bond acceptors (Lipinski definition) is 2. The molecular formula is C14H24ClN3. The van der Waals surface area contributed by atoms with E-state index in [1.54, 1.807) is 0 Å². The van der Waals surface area contributed by atoms with E-state index in [1.807, 2.05) is 6.92 Å². The Labute approximate surface area is 115 Å². The molecule has 0 bridgehead atoms. The highest BCUT2D eigenvalue weighted by Crippen LogP contribution is 2.27. The second-order valence-corrected chi connectivity index (χ2v) is 6.07. The van der Waals surface area contributed by atoms with Gasteiger partial charge in [-0.25, -0.2) is 0 Å². The van der Waals surface area contributed by atoms with Gasteiger partial charge in [-0.15, -0.1) is 11.6 Å². The molecule has 0 saturated heterocycles. The molecule has 18 heavy (non-hydrogen) atoms. The molecule has 0 aliphatic heterocycles. The van der Waals surface area contributed by atoms with Crippen LogP contribution in [0, 0.1) is 0 Å². The maximum Gasteiger partial charge on any atom is 0.0762 e. The molecule has 1 aromatic heterocycles. The smallest absolute Gasteiger partial charge is 0.0762 e. The summed E-state index contributed by atoms with van der Waals surface area (Å²) in [5, 5.41) is 8.31. The van der Waals surface area contributed by atoms with Crippen molar-refractivity contribution in [1.29, 1.82) is 0 Å². The second-order valence-electron chi connectivity index (χ2n) is 5.33. The summed E-state index contributed by atoms with van der Waals surface area (Å²) >= 11 is 5.91. The maximum absolute atomic E-state index is 5.91. The number of halogens is 1. The van der Waals surface area contributed by atoms with Crippen LogP contribution >= 0.6 is 11.6 Å². The summed E-state index contributed by atoms with van der Waals surface area (Å²) in [6.07, 6.45) is 9.82. The number of nitrogens with zero attached hydrogens (tertiary/aromatic N) is 2. The third kappa shape index (κ3) is 4.29. The molecule has 1 N–H and O–H groups in total. The standard InChI is InChI=1S/C14H24ClN3/c1-12(15)7-9-16-11-13-8-10-18(17-13)14-5-3-2-4-6-14/h8,10,12,14,16H,2-7,9,11H2,1H3. The van der Waals surface area contributed by atoms with Gasteiger partial charge >= 0.3 is 0 Å². The summed E-state index contributed by atoms with van der Waals surface area (Å²) in [5.41, 5.74) is 1.14. The Balaban J connectivity index is 1.75. The van der Waals surface area contributed by atoms with Crippen LogP contribution in [0.5, 0.6) is 0 Å². The molecule has 1 unspecified atom stereocenters. The fraction of sp³-hybridized carbons (Fsp3) is 0.786. The summed E-state index contributed by atoms with van der Waals surface area (Å²) < 4.78 is 2.17. The van der Waals surface area contributed by atoms with Crippen molar-refractivity contribution in [2.24, 2.45) is 0 Å². The number of alkyl halides is 1. The number of nitrogens with one attached hydrogen (secondary N) is 1. The number of hydrogen-bond donors (Lipinski definition) is 1. The van der Waals surface area contributed by atoms with Crippen LogP contribution in [0.25, 0.3) is 0 Å². The molecule has 3 nitrogen and oxygen atoms in total. The second kappa shape index (κ2) is 7.15. The number of aromatic nitrogens is 2. The summed E-state index contributed by atoms with van der Waals surface area (Å²) in [4.78, 5) is 0. The highest BCUT2D eigenvalue weighted by molar-refractivity contribution is 6.20. The van der Waals surface area contributed by atoms with Gasteiger partial charge in [0, 0.05) is 18.1 Å². The molecule has 1 saturated carbocycles. The Morgan fingerprint density at radius 2 is 2.22 bits per heavy atom. The third-order valence-corrected chi connectivity index (χ3v) is 3.86. The lowest BCUT2D eigenvalue weighted by Crippen LogP contribution is -2.18. The van der Waals surface area contributed by atoms with Crippen LogP contribution in [0.4, 0.5) is 0 Å². The van der Waals surface area contributed by atoms with E-state index in [1.165, 1.54) is 32.1 Å². The van der Waals surface area contributed by atoms with Gasteiger partial charge in [-0.05, 0) is 38.8 Å². The van der Waals surface area contributed by atoms with E-state index in [2.05, 4.69) is 27.4 Å². The largest absolute Gasteiger partial charge is 0.311 e. The van der Waals surface area contributed by atoms with Crippen molar-refractivity contribution in [3.63, 3.8) is 0 Å². The Morgan fingerprint density at radius 1 is 1.44 bits per heavy atom. The molecule has 0 radical (unpaired) electrons. The van der Waals surface area contributed by atoms with Gasteiger partial charge in [0.05, 0.1) is 11.7 Å². The highest BCUT2D eigenvalue weighted by Gasteiger charge is 2.15. The third-order valence-electron chi connectivity index (χ3n) is 3.64. The molecule has 0 amide bonds. The first-order valence-corrected chi connectivity index (χ1v) is 7.58. The van der Waals surface area contributed by atoms with E-state index in [0.29, 0.717) is 6.04 Å². The summed E-state index contributed by atoms with van der Waals surface area (Å²) in [5.74, 6) is 0. The van der Waals surface area contributed by atoms with Crippen molar-refractivity contribution in [1.82, 2.24) is 15.1 Å². The van der Waals surface area contributed by atoms with Gasteiger partial charge < -0.3 is 5.32 Å². The molecule has 1 fully saturated rings. The van der Waals surface area contributed by atoms with Crippen LogP contribution in [0.2, 0.25) is 0 Å². The van der Waals surface area contributed by atoms with E-state index >= 15 is 0 Å². The SMILES string of the molecule is CC(Cl)CCNCc1ccn(C2CCCCC2)n1. The van der Waals surface area contributed by atoms with Crippen LogP contribution in [-0.4, -0.2) is 21.7 Å². The predicted octanol–water partition coefficient (Wildman–Crippen LogP) is 3.50. The van der Waals surface area contributed by atoms with Crippen molar-refractivity contribution >= 4 is 11.6 Å². The Morgan fingerprint density at radius 3 is 2.94 bits per heavy atom. The zero-order valence-electron chi connectivity index (χ0n) is 11.2. The normalized spacial score (nSPS) is 19.0. The highest BCUT2D eigenvalue weighted by atomic mass is 35.5. The predicted molar refractivity (Wildman–Crippen MR) is 76.0 cm³/mol. The van der Waals surface area contributed by atoms with Crippen molar-refractivity contribution < 1.29 is 0 Å². The van der Waals surface area contributed by atoms with Crippen LogP contribution in [0.3, 0.4) is 0 Å². The van der Waals surface area contributed by atoms with Crippen molar-refractivity contribution in [3.8, 4) is 0 Å². The average Bonchev–Trinajstić information content (AvgIpc) is 2.84. The molecule has 1 aliphatic carbocycles. The first-order chi connectivity index (χ1) is 8.75. The molecule has 1 aromatic rings. The van der Waals surface area contributed by atoms with Crippen molar-refractivity contribution in [2.75, 3.05) is 6.54 Å². The van der Waals surface area contributed by atoms with Gasteiger partial charge in [-0.1, -0.05) is 19.3 Å². The lowest BCUT2D eigenvalue weighted by atomic mass is 9.96.